The number of anilines is 2. The lowest BCUT2D eigenvalue weighted by Gasteiger charge is -2.18. The first-order valence-corrected chi connectivity index (χ1v) is 7.46. The van der Waals surface area contributed by atoms with E-state index >= 15 is 0 Å². The second kappa shape index (κ2) is 6.43. The standard InChI is InChI=1S/C16H19N5O/c17-16-19-10-12(11-6-2-1-3-7-11)14(21-16)20-13-8-4-5-9-18-15(13)22/h1-3,6-7,10,13H,4-5,8-9H2,(H,18,22)(H3,17,19,20,21). The molecule has 1 aliphatic heterocycles. The number of nitrogens with one attached hydrogen (secondary N) is 2. The van der Waals surface area contributed by atoms with Crippen molar-refractivity contribution >= 4 is 17.7 Å². The lowest BCUT2D eigenvalue weighted by molar-refractivity contribution is -0.121. The van der Waals surface area contributed by atoms with Crippen LogP contribution in [0.2, 0.25) is 0 Å². The fraction of sp³-hybridized carbons (Fsp3) is 0.312. The third-order valence-electron chi connectivity index (χ3n) is 3.74. The minimum absolute atomic E-state index is 0.00805. The molecule has 2 heterocycles. The molecule has 1 fully saturated rings. The van der Waals surface area contributed by atoms with Crippen LogP contribution in [0, 0.1) is 0 Å². The second-order valence-electron chi connectivity index (χ2n) is 5.34. The first-order valence-electron chi connectivity index (χ1n) is 7.46. The molecule has 1 aromatic carbocycles. The van der Waals surface area contributed by atoms with Crippen molar-refractivity contribution in [3.8, 4) is 11.1 Å². The number of rotatable bonds is 3. The van der Waals surface area contributed by atoms with Gasteiger partial charge in [-0.25, -0.2) is 4.98 Å². The van der Waals surface area contributed by atoms with Gasteiger partial charge in [-0.05, 0) is 24.8 Å². The van der Waals surface area contributed by atoms with Crippen molar-refractivity contribution in [2.75, 3.05) is 17.6 Å². The van der Waals surface area contributed by atoms with Crippen molar-refractivity contribution in [3.63, 3.8) is 0 Å². The van der Waals surface area contributed by atoms with Gasteiger partial charge in [-0.1, -0.05) is 30.3 Å². The molecule has 1 unspecified atom stereocenters. The maximum atomic E-state index is 12.1. The molecule has 0 radical (unpaired) electrons. The van der Waals surface area contributed by atoms with Crippen molar-refractivity contribution in [2.45, 2.75) is 25.3 Å². The fourth-order valence-electron chi connectivity index (χ4n) is 2.58. The van der Waals surface area contributed by atoms with Gasteiger partial charge < -0.3 is 16.4 Å². The number of aromatic nitrogens is 2. The topological polar surface area (TPSA) is 92.9 Å². The molecule has 6 heteroatoms. The summed E-state index contributed by atoms with van der Waals surface area (Å²) in [5, 5.41) is 6.15. The molecule has 0 spiro atoms. The van der Waals surface area contributed by atoms with Crippen LogP contribution >= 0.6 is 0 Å². The summed E-state index contributed by atoms with van der Waals surface area (Å²) in [5.74, 6) is 0.797. The van der Waals surface area contributed by atoms with E-state index in [1.165, 1.54) is 0 Å². The SMILES string of the molecule is Nc1ncc(-c2ccccc2)c(NC2CCCCNC2=O)n1. The van der Waals surface area contributed by atoms with E-state index in [1.54, 1.807) is 6.20 Å². The monoisotopic (exact) mass is 297 g/mol. The van der Waals surface area contributed by atoms with E-state index in [0.717, 1.165) is 36.9 Å². The van der Waals surface area contributed by atoms with Gasteiger partial charge in [0.15, 0.2) is 0 Å². The number of amides is 1. The molecule has 6 nitrogen and oxygen atoms in total. The average molecular weight is 297 g/mol. The van der Waals surface area contributed by atoms with Gasteiger partial charge in [-0.2, -0.15) is 4.98 Å². The highest BCUT2D eigenvalue weighted by molar-refractivity contribution is 5.86. The number of hydrogen-bond donors (Lipinski definition) is 3. The maximum Gasteiger partial charge on any atom is 0.242 e. The van der Waals surface area contributed by atoms with Gasteiger partial charge >= 0.3 is 0 Å². The highest BCUT2D eigenvalue weighted by Gasteiger charge is 2.22. The summed E-state index contributed by atoms with van der Waals surface area (Å²) < 4.78 is 0. The second-order valence-corrected chi connectivity index (χ2v) is 5.34. The van der Waals surface area contributed by atoms with Gasteiger partial charge in [0.2, 0.25) is 11.9 Å². The lowest BCUT2D eigenvalue weighted by atomic mass is 10.1. The summed E-state index contributed by atoms with van der Waals surface area (Å²) >= 11 is 0. The van der Waals surface area contributed by atoms with Gasteiger partial charge in [0.05, 0.1) is 0 Å². The summed E-state index contributed by atoms with van der Waals surface area (Å²) in [5.41, 5.74) is 7.54. The van der Waals surface area contributed by atoms with E-state index < -0.39 is 0 Å². The Morgan fingerprint density at radius 1 is 1.23 bits per heavy atom. The highest BCUT2D eigenvalue weighted by atomic mass is 16.2. The van der Waals surface area contributed by atoms with Crippen LogP contribution in [0.4, 0.5) is 11.8 Å². The molecule has 2 aromatic rings. The molecule has 1 aliphatic rings. The van der Waals surface area contributed by atoms with E-state index in [0.29, 0.717) is 5.82 Å². The zero-order valence-electron chi connectivity index (χ0n) is 12.2. The Labute approximate surface area is 129 Å². The summed E-state index contributed by atoms with van der Waals surface area (Å²) in [6.07, 6.45) is 4.47. The maximum absolute atomic E-state index is 12.1. The molecular formula is C16H19N5O. The van der Waals surface area contributed by atoms with Gasteiger partial charge in [0, 0.05) is 18.3 Å². The largest absolute Gasteiger partial charge is 0.368 e. The predicted octanol–water partition coefficient (Wildman–Crippen LogP) is 1.81. The summed E-state index contributed by atoms with van der Waals surface area (Å²) in [7, 11) is 0. The zero-order valence-corrected chi connectivity index (χ0v) is 12.2. The van der Waals surface area contributed by atoms with Crippen molar-refractivity contribution in [1.29, 1.82) is 0 Å². The van der Waals surface area contributed by atoms with Gasteiger partial charge in [0.25, 0.3) is 0 Å². The number of nitrogens with two attached hydrogens (primary N) is 1. The molecule has 1 aromatic heterocycles. The number of nitrogens with zero attached hydrogens (tertiary/aromatic N) is 2. The third kappa shape index (κ3) is 3.16. The molecule has 0 aliphatic carbocycles. The molecule has 0 bridgehead atoms. The Kier molecular flexibility index (Phi) is 4.18. The molecule has 1 atom stereocenters. The normalized spacial score (nSPS) is 18.4. The molecule has 4 N–H and O–H groups in total. The van der Waals surface area contributed by atoms with Crippen LogP contribution in [0.5, 0.6) is 0 Å². The Hall–Kier alpha value is -2.63. The van der Waals surface area contributed by atoms with Crippen LogP contribution in [-0.4, -0.2) is 28.5 Å². The van der Waals surface area contributed by atoms with Gasteiger partial charge in [-0.15, -0.1) is 0 Å². The van der Waals surface area contributed by atoms with E-state index in [4.69, 9.17) is 5.73 Å². The Morgan fingerprint density at radius 2 is 2.05 bits per heavy atom. The summed E-state index contributed by atoms with van der Waals surface area (Å²) in [6, 6.07) is 9.52. The smallest absolute Gasteiger partial charge is 0.242 e. The number of carbonyl (C=O) groups excluding carboxylic acids is 1. The minimum Gasteiger partial charge on any atom is -0.368 e. The van der Waals surface area contributed by atoms with E-state index in [-0.39, 0.29) is 17.9 Å². The number of nitrogen functional groups attached to an aromatic ring is 1. The quantitative estimate of drug-likeness (QED) is 0.803. The molecule has 22 heavy (non-hydrogen) atoms. The third-order valence-corrected chi connectivity index (χ3v) is 3.74. The highest BCUT2D eigenvalue weighted by Crippen LogP contribution is 2.27. The zero-order chi connectivity index (χ0) is 15.4. The van der Waals surface area contributed by atoms with E-state index in [9.17, 15) is 4.79 Å². The number of benzene rings is 1. The number of hydrogen-bond acceptors (Lipinski definition) is 5. The summed E-state index contributed by atoms with van der Waals surface area (Å²) in [4.78, 5) is 20.5. The first-order chi connectivity index (χ1) is 10.7. The van der Waals surface area contributed by atoms with Crippen molar-refractivity contribution < 1.29 is 4.79 Å². The molecule has 3 rings (SSSR count). The van der Waals surface area contributed by atoms with Crippen molar-refractivity contribution in [1.82, 2.24) is 15.3 Å². The van der Waals surface area contributed by atoms with E-state index in [1.807, 2.05) is 30.3 Å². The Balaban J connectivity index is 1.92. The van der Waals surface area contributed by atoms with Gasteiger partial charge in [-0.3, -0.25) is 4.79 Å². The Bertz CT molecular complexity index is 659. The van der Waals surface area contributed by atoms with Crippen molar-refractivity contribution in [2.24, 2.45) is 0 Å². The van der Waals surface area contributed by atoms with Crippen LogP contribution in [0.3, 0.4) is 0 Å². The molecule has 1 saturated heterocycles. The summed E-state index contributed by atoms with van der Waals surface area (Å²) in [6.45, 7) is 0.731. The van der Waals surface area contributed by atoms with Crippen LogP contribution in [0.15, 0.2) is 36.5 Å². The molecule has 0 saturated carbocycles. The van der Waals surface area contributed by atoms with Crippen LogP contribution in [-0.2, 0) is 4.79 Å². The van der Waals surface area contributed by atoms with Crippen LogP contribution < -0.4 is 16.4 Å². The van der Waals surface area contributed by atoms with Crippen molar-refractivity contribution in [3.05, 3.63) is 36.5 Å². The minimum atomic E-state index is -0.292. The Morgan fingerprint density at radius 3 is 2.86 bits per heavy atom. The molecular weight excluding hydrogens is 278 g/mol. The van der Waals surface area contributed by atoms with Crippen LogP contribution in [0.25, 0.3) is 11.1 Å². The first kappa shape index (κ1) is 14.3. The van der Waals surface area contributed by atoms with Crippen LogP contribution in [0.1, 0.15) is 19.3 Å². The van der Waals surface area contributed by atoms with E-state index in [2.05, 4.69) is 20.6 Å². The average Bonchev–Trinajstić information content (AvgIpc) is 2.73. The lowest BCUT2D eigenvalue weighted by Crippen LogP contribution is -2.38. The number of carbonyl (C=O) groups is 1. The molecule has 1 amide bonds. The fourth-order valence-corrected chi connectivity index (χ4v) is 2.58. The van der Waals surface area contributed by atoms with Gasteiger partial charge in [0.1, 0.15) is 11.9 Å². The molecule has 114 valence electrons. The predicted molar refractivity (Wildman–Crippen MR) is 86.2 cm³/mol.